The second kappa shape index (κ2) is 6.29. The van der Waals surface area contributed by atoms with Crippen LogP contribution in [-0.4, -0.2) is 38.5 Å². The molecule has 0 saturated carbocycles. The number of benzene rings is 1. The van der Waals surface area contributed by atoms with Crippen LogP contribution in [0.25, 0.3) is 0 Å². The average Bonchev–Trinajstić information content (AvgIpc) is 2.34. The quantitative estimate of drug-likeness (QED) is 0.812. The monoisotopic (exact) mass is 303 g/mol. The molecule has 0 heterocycles. The second-order valence-corrected chi connectivity index (χ2v) is 7.02. The van der Waals surface area contributed by atoms with Crippen molar-refractivity contribution in [3.8, 4) is 0 Å². The molecule has 0 spiro atoms. The molecule has 0 saturated heterocycles. The van der Waals surface area contributed by atoms with Crippen LogP contribution >= 0.6 is 11.8 Å². The molecule has 106 valence electrons. The first-order chi connectivity index (χ1) is 8.75. The fourth-order valence-electron chi connectivity index (χ4n) is 1.52. The first-order valence-corrected chi connectivity index (χ1v) is 8.67. The molecule has 0 aromatic heterocycles. The van der Waals surface area contributed by atoms with E-state index in [-0.39, 0.29) is 6.54 Å². The van der Waals surface area contributed by atoms with Gasteiger partial charge in [0.1, 0.15) is 0 Å². The number of carboxylic acids is 1. The molecule has 1 unspecified atom stereocenters. The number of rotatable bonds is 6. The largest absolute Gasteiger partial charge is 0.481 e. The molecule has 0 fully saturated rings. The number of aliphatic carboxylic acids is 1. The Bertz CT molecular complexity index is 557. The zero-order valence-electron chi connectivity index (χ0n) is 11.0. The van der Waals surface area contributed by atoms with Gasteiger partial charge in [0.2, 0.25) is 10.0 Å². The van der Waals surface area contributed by atoms with E-state index in [0.717, 1.165) is 15.5 Å². The molecule has 1 atom stereocenters. The van der Waals surface area contributed by atoms with Crippen LogP contribution in [0.3, 0.4) is 0 Å². The Hall–Kier alpha value is -1.21. The summed E-state index contributed by atoms with van der Waals surface area (Å²) in [4.78, 5) is 11.8. The van der Waals surface area contributed by atoms with Gasteiger partial charge in [0.05, 0.1) is 17.9 Å². The molecule has 0 bridgehead atoms. The van der Waals surface area contributed by atoms with E-state index in [4.69, 9.17) is 5.11 Å². The number of nitrogens with zero attached hydrogens (tertiary/aromatic N) is 1. The minimum absolute atomic E-state index is 0.0774. The summed E-state index contributed by atoms with van der Waals surface area (Å²) < 4.78 is 24.8. The average molecular weight is 303 g/mol. The van der Waals surface area contributed by atoms with Gasteiger partial charge in [-0.25, -0.2) is 8.42 Å². The standard InChI is InChI=1S/C12H17NO4S2/c1-9(12(14)15)8-13(19(3,16)17)10-5-4-6-11(7-10)18-2/h4-7,9H,8H2,1-3H3,(H,14,15). The summed E-state index contributed by atoms with van der Waals surface area (Å²) >= 11 is 1.50. The minimum atomic E-state index is -3.51. The van der Waals surface area contributed by atoms with Crippen molar-refractivity contribution in [1.82, 2.24) is 0 Å². The van der Waals surface area contributed by atoms with Gasteiger partial charge >= 0.3 is 5.97 Å². The third-order valence-corrected chi connectivity index (χ3v) is 4.49. The first-order valence-electron chi connectivity index (χ1n) is 5.60. The van der Waals surface area contributed by atoms with Gasteiger partial charge in [-0.3, -0.25) is 9.10 Å². The van der Waals surface area contributed by atoms with E-state index in [1.54, 1.807) is 18.2 Å². The number of anilines is 1. The SMILES string of the molecule is CSc1cccc(N(CC(C)C(=O)O)S(C)(=O)=O)c1. The highest BCUT2D eigenvalue weighted by Crippen LogP contribution is 2.24. The third kappa shape index (κ3) is 4.43. The van der Waals surface area contributed by atoms with Gasteiger partial charge in [-0.1, -0.05) is 13.0 Å². The van der Waals surface area contributed by atoms with Crippen LogP contribution in [0, 0.1) is 5.92 Å². The molecule has 0 radical (unpaired) electrons. The Morgan fingerprint density at radius 3 is 2.58 bits per heavy atom. The molecule has 1 rings (SSSR count). The highest BCUT2D eigenvalue weighted by Gasteiger charge is 2.23. The van der Waals surface area contributed by atoms with Crippen LogP contribution in [0.4, 0.5) is 5.69 Å². The highest BCUT2D eigenvalue weighted by molar-refractivity contribution is 7.98. The molecule has 1 aromatic rings. The number of hydrogen-bond donors (Lipinski definition) is 1. The molecular formula is C12H17NO4S2. The predicted octanol–water partition coefficient (Wildman–Crippen LogP) is 1.90. The summed E-state index contributed by atoms with van der Waals surface area (Å²) in [6.07, 6.45) is 2.97. The second-order valence-electron chi connectivity index (χ2n) is 4.23. The lowest BCUT2D eigenvalue weighted by molar-refractivity contribution is -0.140. The smallest absolute Gasteiger partial charge is 0.308 e. The number of thioether (sulfide) groups is 1. The van der Waals surface area contributed by atoms with E-state index in [1.165, 1.54) is 18.7 Å². The maximum atomic E-state index is 11.8. The molecule has 0 aliphatic rings. The Kier molecular flexibility index (Phi) is 5.25. The topological polar surface area (TPSA) is 74.7 Å². The van der Waals surface area contributed by atoms with Crippen molar-refractivity contribution in [2.24, 2.45) is 5.92 Å². The van der Waals surface area contributed by atoms with Gasteiger partial charge in [-0.05, 0) is 24.5 Å². The molecule has 1 aromatic carbocycles. The van der Waals surface area contributed by atoms with E-state index in [0.29, 0.717) is 5.69 Å². The summed E-state index contributed by atoms with van der Waals surface area (Å²) in [5.74, 6) is -1.79. The van der Waals surface area contributed by atoms with E-state index >= 15 is 0 Å². The van der Waals surface area contributed by atoms with Crippen molar-refractivity contribution in [3.63, 3.8) is 0 Å². The molecule has 0 amide bonds. The van der Waals surface area contributed by atoms with Gasteiger partial charge in [0.15, 0.2) is 0 Å². The van der Waals surface area contributed by atoms with Crippen LogP contribution in [0.15, 0.2) is 29.2 Å². The van der Waals surface area contributed by atoms with Crippen LogP contribution in [0.5, 0.6) is 0 Å². The number of sulfonamides is 1. The van der Waals surface area contributed by atoms with Crippen molar-refractivity contribution >= 4 is 33.4 Å². The third-order valence-electron chi connectivity index (χ3n) is 2.60. The number of carbonyl (C=O) groups is 1. The summed E-state index contributed by atoms with van der Waals surface area (Å²) in [6.45, 7) is 1.41. The van der Waals surface area contributed by atoms with Crippen molar-refractivity contribution in [1.29, 1.82) is 0 Å². The maximum Gasteiger partial charge on any atom is 0.308 e. The molecular weight excluding hydrogens is 286 g/mol. The zero-order valence-corrected chi connectivity index (χ0v) is 12.7. The van der Waals surface area contributed by atoms with Crippen LogP contribution < -0.4 is 4.31 Å². The van der Waals surface area contributed by atoms with Crippen molar-refractivity contribution < 1.29 is 18.3 Å². The summed E-state index contributed by atoms with van der Waals surface area (Å²) in [7, 11) is -3.51. The zero-order chi connectivity index (χ0) is 14.6. The van der Waals surface area contributed by atoms with Gasteiger partial charge in [0, 0.05) is 11.4 Å². The van der Waals surface area contributed by atoms with Gasteiger partial charge in [0.25, 0.3) is 0 Å². The Balaban J connectivity index is 3.14. The maximum absolute atomic E-state index is 11.8. The van der Waals surface area contributed by atoms with Crippen molar-refractivity contribution in [2.45, 2.75) is 11.8 Å². The number of hydrogen-bond acceptors (Lipinski definition) is 4. The van der Waals surface area contributed by atoms with E-state index in [9.17, 15) is 13.2 Å². The molecule has 19 heavy (non-hydrogen) atoms. The molecule has 7 heteroatoms. The molecule has 0 aliphatic heterocycles. The summed E-state index contributed by atoms with van der Waals surface area (Å²) in [5, 5.41) is 8.92. The Morgan fingerprint density at radius 1 is 1.47 bits per heavy atom. The van der Waals surface area contributed by atoms with Crippen molar-refractivity contribution in [2.75, 3.05) is 23.4 Å². The van der Waals surface area contributed by atoms with Crippen LogP contribution in [0.1, 0.15) is 6.92 Å². The fourth-order valence-corrected chi connectivity index (χ4v) is 2.97. The lowest BCUT2D eigenvalue weighted by Gasteiger charge is -2.24. The number of carboxylic acid groups (broad SMARTS) is 1. The first kappa shape index (κ1) is 15.8. The summed E-state index contributed by atoms with van der Waals surface area (Å²) in [6, 6.07) is 7.02. The fraction of sp³-hybridized carbons (Fsp3) is 0.417. The lowest BCUT2D eigenvalue weighted by atomic mass is 10.2. The van der Waals surface area contributed by atoms with Crippen LogP contribution in [0.2, 0.25) is 0 Å². The van der Waals surface area contributed by atoms with Crippen molar-refractivity contribution in [3.05, 3.63) is 24.3 Å². The summed E-state index contributed by atoms with van der Waals surface area (Å²) in [5.41, 5.74) is 0.488. The molecule has 5 nitrogen and oxygen atoms in total. The van der Waals surface area contributed by atoms with Gasteiger partial charge in [-0.15, -0.1) is 11.8 Å². The lowest BCUT2D eigenvalue weighted by Crippen LogP contribution is -2.36. The predicted molar refractivity (Wildman–Crippen MR) is 77.2 cm³/mol. The van der Waals surface area contributed by atoms with Gasteiger partial charge in [-0.2, -0.15) is 0 Å². The Morgan fingerprint density at radius 2 is 2.11 bits per heavy atom. The van der Waals surface area contributed by atoms with E-state index < -0.39 is 21.9 Å². The Labute approximate surface area is 117 Å². The van der Waals surface area contributed by atoms with Crippen LogP contribution in [-0.2, 0) is 14.8 Å². The van der Waals surface area contributed by atoms with E-state index in [1.807, 2.05) is 12.3 Å². The molecule has 0 aliphatic carbocycles. The highest BCUT2D eigenvalue weighted by atomic mass is 32.2. The normalized spacial score (nSPS) is 13.0. The van der Waals surface area contributed by atoms with Gasteiger partial charge < -0.3 is 5.11 Å². The van der Waals surface area contributed by atoms with E-state index in [2.05, 4.69) is 0 Å². The molecule has 1 N–H and O–H groups in total. The minimum Gasteiger partial charge on any atom is -0.481 e.